The summed E-state index contributed by atoms with van der Waals surface area (Å²) in [6.45, 7) is 4.99. The Balaban J connectivity index is 2.28. The molecule has 0 aliphatic heterocycles. The smallest absolute Gasteiger partial charge is 0.0798 e. The molecule has 0 aliphatic rings. The molecule has 21 heavy (non-hydrogen) atoms. The molecule has 2 unspecified atom stereocenters. The Kier molecular flexibility index (Phi) is 5.76. The van der Waals surface area contributed by atoms with Crippen LogP contribution in [0.4, 0.5) is 0 Å². The van der Waals surface area contributed by atoms with Crippen molar-refractivity contribution in [1.82, 2.24) is 9.88 Å². The number of benzene rings is 1. The van der Waals surface area contributed by atoms with E-state index >= 15 is 0 Å². The van der Waals surface area contributed by atoms with Crippen molar-refractivity contribution in [3.8, 4) is 0 Å². The van der Waals surface area contributed by atoms with Crippen molar-refractivity contribution in [1.29, 1.82) is 0 Å². The van der Waals surface area contributed by atoms with Crippen molar-refractivity contribution in [3.05, 3.63) is 50.9 Å². The lowest BCUT2D eigenvalue weighted by atomic mass is 9.96. The van der Waals surface area contributed by atoms with Gasteiger partial charge in [-0.1, -0.05) is 36.7 Å². The summed E-state index contributed by atoms with van der Waals surface area (Å²) in [6, 6.07) is 8.11. The van der Waals surface area contributed by atoms with Gasteiger partial charge in [0.05, 0.1) is 17.2 Å². The first-order chi connectivity index (χ1) is 10.0. The summed E-state index contributed by atoms with van der Waals surface area (Å²) < 4.78 is 0. The summed E-state index contributed by atoms with van der Waals surface area (Å²) >= 11 is 8.07. The molecule has 0 radical (unpaired) electrons. The van der Waals surface area contributed by atoms with Crippen LogP contribution >= 0.6 is 22.9 Å². The second-order valence-electron chi connectivity index (χ2n) is 5.31. The van der Waals surface area contributed by atoms with Crippen LogP contribution in [-0.2, 0) is 6.54 Å². The van der Waals surface area contributed by atoms with Crippen LogP contribution in [0.3, 0.4) is 0 Å². The van der Waals surface area contributed by atoms with Crippen molar-refractivity contribution in [3.63, 3.8) is 0 Å². The Morgan fingerprint density at radius 2 is 2.10 bits per heavy atom. The zero-order chi connectivity index (χ0) is 15.4. The van der Waals surface area contributed by atoms with Crippen LogP contribution in [0.2, 0.25) is 5.02 Å². The summed E-state index contributed by atoms with van der Waals surface area (Å²) in [6.07, 6.45) is 0.905. The molecule has 1 aromatic carbocycles. The van der Waals surface area contributed by atoms with E-state index in [1.807, 2.05) is 30.6 Å². The summed E-state index contributed by atoms with van der Waals surface area (Å²) in [5.74, 6) is 0. The molecule has 0 aliphatic carbocycles. The Labute approximate surface area is 135 Å². The van der Waals surface area contributed by atoms with Gasteiger partial charge in [0.15, 0.2) is 0 Å². The van der Waals surface area contributed by atoms with E-state index in [4.69, 9.17) is 17.3 Å². The molecule has 0 bridgehead atoms. The first-order valence-corrected chi connectivity index (χ1v) is 8.39. The highest BCUT2D eigenvalue weighted by Gasteiger charge is 2.25. The predicted octanol–water partition coefficient (Wildman–Crippen LogP) is 4.02. The minimum absolute atomic E-state index is 0.0446. The van der Waals surface area contributed by atoms with Crippen LogP contribution in [0.25, 0.3) is 0 Å². The Hall–Kier alpha value is -0.940. The van der Waals surface area contributed by atoms with Crippen LogP contribution in [0, 0.1) is 6.92 Å². The standard InChI is InChI=1S/C16H22ClN3S/c1-4-14(18)16(12-7-5-6-8-13(12)17)20(3)9-15-11(2)19-10-21-15/h5-8,10,14,16H,4,9,18H2,1-3H3. The number of likely N-dealkylation sites (N-methyl/N-ethyl adjacent to an activating group) is 1. The number of hydrogen-bond donors (Lipinski definition) is 1. The highest BCUT2D eigenvalue weighted by molar-refractivity contribution is 7.09. The molecule has 2 N–H and O–H groups in total. The normalized spacial score (nSPS) is 14.4. The molecule has 1 heterocycles. The average molecular weight is 324 g/mol. The maximum Gasteiger partial charge on any atom is 0.0798 e. The van der Waals surface area contributed by atoms with Crippen LogP contribution in [0.5, 0.6) is 0 Å². The third-order valence-electron chi connectivity index (χ3n) is 3.81. The zero-order valence-electron chi connectivity index (χ0n) is 12.7. The van der Waals surface area contributed by atoms with Crippen LogP contribution in [-0.4, -0.2) is 23.0 Å². The Morgan fingerprint density at radius 1 is 1.38 bits per heavy atom. The molecule has 2 atom stereocenters. The van der Waals surface area contributed by atoms with Crippen LogP contribution < -0.4 is 5.73 Å². The van der Waals surface area contributed by atoms with Crippen LogP contribution in [0.1, 0.15) is 35.5 Å². The SMILES string of the molecule is CCC(N)C(c1ccccc1Cl)N(C)Cc1scnc1C. The molecule has 0 fully saturated rings. The van der Waals surface area contributed by atoms with Gasteiger partial charge in [-0.2, -0.15) is 0 Å². The van der Waals surface area contributed by atoms with E-state index in [9.17, 15) is 0 Å². The topological polar surface area (TPSA) is 42.1 Å². The lowest BCUT2D eigenvalue weighted by Gasteiger charge is -2.33. The van der Waals surface area contributed by atoms with Gasteiger partial charge >= 0.3 is 0 Å². The highest BCUT2D eigenvalue weighted by Crippen LogP contribution is 2.31. The van der Waals surface area contributed by atoms with Crippen molar-refractivity contribution in [2.24, 2.45) is 5.73 Å². The maximum absolute atomic E-state index is 6.39. The third-order valence-corrected chi connectivity index (χ3v) is 5.08. The third kappa shape index (κ3) is 3.83. The second-order valence-corrected chi connectivity index (χ2v) is 6.66. The molecule has 0 saturated carbocycles. The van der Waals surface area contributed by atoms with Crippen molar-refractivity contribution in [2.45, 2.75) is 38.9 Å². The first-order valence-electron chi connectivity index (χ1n) is 7.13. The van der Waals surface area contributed by atoms with E-state index < -0.39 is 0 Å². The number of nitrogens with two attached hydrogens (primary N) is 1. The molecule has 114 valence electrons. The van der Waals surface area contributed by atoms with Gasteiger partial charge in [-0.15, -0.1) is 11.3 Å². The number of halogens is 1. The van der Waals surface area contributed by atoms with E-state index in [0.717, 1.165) is 29.2 Å². The summed E-state index contributed by atoms with van der Waals surface area (Å²) in [7, 11) is 2.10. The summed E-state index contributed by atoms with van der Waals surface area (Å²) in [5.41, 5.74) is 10.5. The largest absolute Gasteiger partial charge is 0.326 e. The van der Waals surface area contributed by atoms with Gasteiger partial charge in [-0.3, -0.25) is 4.90 Å². The molecule has 1 aromatic heterocycles. The van der Waals surface area contributed by atoms with Crippen molar-refractivity contribution < 1.29 is 0 Å². The predicted molar refractivity (Wildman–Crippen MR) is 90.8 cm³/mol. The van der Waals surface area contributed by atoms with Crippen LogP contribution in [0.15, 0.2) is 29.8 Å². The molecule has 0 saturated heterocycles. The Morgan fingerprint density at radius 3 is 2.67 bits per heavy atom. The average Bonchev–Trinajstić information content (AvgIpc) is 2.86. The fourth-order valence-electron chi connectivity index (χ4n) is 2.54. The fraction of sp³-hybridized carbons (Fsp3) is 0.438. The molecule has 2 rings (SSSR count). The van der Waals surface area contributed by atoms with Crippen molar-refractivity contribution >= 4 is 22.9 Å². The number of rotatable bonds is 6. The maximum atomic E-state index is 6.39. The quantitative estimate of drug-likeness (QED) is 0.873. The number of thiazole rings is 1. The number of hydrogen-bond acceptors (Lipinski definition) is 4. The lowest BCUT2D eigenvalue weighted by Crippen LogP contribution is -2.38. The van der Waals surface area contributed by atoms with E-state index in [2.05, 4.69) is 29.9 Å². The Bertz CT molecular complexity index is 584. The van der Waals surface area contributed by atoms with Gasteiger partial charge in [-0.25, -0.2) is 4.98 Å². The molecule has 0 spiro atoms. The van der Waals surface area contributed by atoms with E-state index in [0.29, 0.717) is 0 Å². The van der Waals surface area contributed by atoms with Gasteiger partial charge in [0.1, 0.15) is 0 Å². The van der Waals surface area contributed by atoms with Gasteiger partial charge in [0.25, 0.3) is 0 Å². The number of aromatic nitrogens is 1. The van der Waals surface area contributed by atoms with Gasteiger partial charge in [0.2, 0.25) is 0 Å². The van der Waals surface area contributed by atoms with E-state index in [1.54, 1.807) is 11.3 Å². The van der Waals surface area contributed by atoms with E-state index in [1.165, 1.54) is 4.88 Å². The second kappa shape index (κ2) is 7.36. The monoisotopic (exact) mass is 323 g/mol. The van der Waals surface area contributed by atoms with E-state index in [-0.39, 0.29) is 12.1 Å². The number of aryl methyl sites for hydroxylation is 1. The molecular formula is C16H22ClN3S. The number of nitrogens with zero attached hydrogens (tertiary/aromatic N) is 2. The zero-order valence-corrected chi connectivity index (χ0v) is 14.3. The van der Waals surface area contributed by atoms with Gasteiger partial charge < -0.3 is 5.73 Å². The van der Waals surface area contributed by atoms with Crippen molar-refractivity contribution in [2.75, 3.05) is 7.05 Å². The molecule has 0 amide bonds. The minimum Gasteiger partial charge on any atom is -0.326 e. The summed E-state index contributed by atoms with van der Waals surface area (Å²) in [4.78, 5) is 7.87. The molecule has 2 aromatic rings. The minimum atomic E-state index is 0.0446. The summed E-state index contributed by atoms with van der Waals surface area (Å²) in [5, 5.41) is 0.777. The molecular weight excluding hydrogens is 302 g/mol. The highest BCUT2D eigenvalue weighted by atomic mass is 35.5. The van der Waals surface area contributed by atoms with Gasteiger partial charge in [0, 0.05) is 22.5 Å². The molecule has 3 nitrogen and oxygen atoms in total. The molecule has 5 heteroatoms. The van der Waals surface area contributed by atoms with Gasteiger partial charge in [-0.05, 0) is 32.0 Å². The first kappa shape index (κ1) is 16.4. The lowest BCUT2D eigenvalue weighted by molar-refractivity contribution is 0.203. The fourth-order valence-corrected chi connectivity index (χ4v) is 3.62.